The summed E-state index contributed by atoms with van der Waals surface area (Å²) in [7, 11) is 0. The standard InChI is InChI=1S/C18H22OS/c1-12-7-8-13(2)15(9-12)10-16(19)18-11-14-5-3-4-6-17(14)20-18/h7-9,11,16,19H,3-6,10H2,1-2H3. The van der Waals surface area contributed by atoms with Gasteiger partial charge in [0.25, 0.3) is 0 Å². The smallest absolute Gasteiger partial charge is 0.0922 e. The number of benzene rings is 1. The highest BCUT2D eigenvalue weighted by Crippen LogP contribution is 2.34. The van der Waals surface area contributed by atoms with Gasteiger partial charge in [-0.25, -0.2) is 0 Å². The average Bonchev–Trinajstić information content (AvgIpc) is 2.87. The van der Waals surface area contributed by atoms with Gasteiger partial charge in [0.05, 0.1) is 6.10 Å². The molecule has 20 heavy (non-hydrogen) atoms. The molecule has 0 amide bonds. The van der Waals surface area contributed by atoms with Gasteiger partial charge in [-0.05, 0) is 62.3 Å². The van der Waals surface area contributed by atoms with E-state index in [1.54, 1.807) is 0 Å². The zero-order chi connectivity index (χ0) is 14.1. The normalized spacial score (nSPS) is 15.9. The van der Waals surface area contributed by atoms with Gasteiger partial charge >= 0.3 is 0 Å². The Bertz CT molecular complexity index is 588. The summed E-state index contributed by atoms with van der Waals surface area (Å²) in [5, 5.41) is 10.5. The van der Waals surface area contributed by atoms with E-state index in [-0.39, 0.29) is 6.10 Å². The van der Waals surface area contributed by atoms with Crippen LogP contribution in [0.5, 0.6) is 0 Å². The van der Waals surface area contributed by atoms with Crippen LogP contribution < -0.4 is 0 Å². The highest BCUT2D eigenvalue weighted by Gasteiger charge is 2.18. The van der Waals surface area contributed by atoms with Crippen molar-refractivity contribution in [2.24, 2.45) is 0 Å². The van der Waals surface area contributed by atoms with E-state index in [4.69, 9.17) is 0 Å². The molecule has 1 unspecified atom stereocenters. The van der Waals surface area contributed by atoms with Crippen molar-refractivity contribution in [3.05, 3.63) is 56.3 Å². The summed E-state index contributed by atoms with van der Waals surface area (Å²) in [6, 6.07) is 8.73. The van der Waals surface area contributed by atoms with Crippen molar-refractivity contribution in [3.8, 4) is 0 Å². The third kappa shape index (κ3) is 2.82. The lowest BCUT2D eigenvalue weighted by atomic mass is 9.97. The number of hydrogen-bond acceptors (Lipinski definition) is 2. The molecule has 0 saturated heterocycles. The average molecular weight is 286 g/mol. The molecule has 2 heteroatoms. The van der Waals surface area contributed by atoms with Crippen molar-refractivity contribution in [2.75, 3.05) is 0 Å². The van der Waals surface area contributed by atoms with Crippen LogP contribution in [0.1, 0.15) is 51.0 Å². The first-order valence-electron chi connectivity index (χ1n) is 7.49. The van der Waals surface area contributed by atoms with Gasteiger partial charge in [0.1, 0.15) is 0 Å². The fourth-order valence-electron chi connectivity index (χ4n) is 3.01. The largest absolute Gasteiger partial charge is 0.387 e. The minimum atomic E-state index is -0.355. The van der Waals surface area contributed by atoms with E-state index in [1.807, 2.05) is 11.3 Å². The van der Waals surface area contributed by atoms with Crippen molar-refractivity contribution >= 4 is 11.3 Å². The van der Waals surface area contributed by atoms with E-state index in [0.29, 0.717) is 0 Å². The van der Waals surface area contributed by atoms with Gasteiger partial charge in [-0.15, -0.1) is 11.3 Å². The van der Waals surface area contributed by atoms with Crippen LogP contribution in [0.4, 0.5) is 0 Å². The van der Waals surface area contributed by atoms with E-state index in [1.165, 1.54) is 52.8 Å². The van der Waals surface area contributed by atoms with Crippen LogP contribution >= 0.6 is 11.3 Å². The Morgan fingerprint density at radius 3 is 2.75 bits per heavy atom. The second-order valence-electron chi connectivity index (χ2n) is 5.95. The van der Waals surface area contributed by atoms with Crippen molar-refractivity contribution in [1.29, 1.82) is 0 Å². The summed E-state index contributed by atoms with van der Waals surface area (Å²) >= 11 is 1.82. The Morgan fingerprint density at radius 1 is 1.15 bits per heavy atom. The number of thiophene rings is 1. The highest BCUT2D eigenvalue weighted by molar-refractivity contribution is 7.12. The maximum atomic E-state index is 10.5. The van der Waals surface area contributed by atoms with Gasteiger partial charge in [-0.1, -0.05) is 23.8 Å². The highest BCUT2D eigenvalue weighted by atomic mass is 32.1. The van der Waals surface area contributed by atoms with Crippen molar-refractivity contribution in [1.82, 2.24) is 0 Å². The Kier molecular flexibility index (Phi) is 3.95. The zero-order valence-electron chi connectivity index (χ0n) is 12.3. The first kappa shape index (κ1) is 13.8. The van der Waals surface area contributed by atoms with E-state index in [2.05, 4.69) is 38.1 Å². The summed E-state index contributed by atoms with van der Waals surface area (Å²) in [6.07, 6.45) is 5.38. The number of rotatable bonds is 3. The van der Waals surface area contributed by atoms with Gasteiger partial charge in [0.15, 0.2) is 0 Å². The third-order valence-electron chi connectivity index (χ3n) is 4.26. The molecule has 0 fully saturated rings. The van der Waals surface area contributed by atoms with Gasteiger partial charge in [0.2, 0.25) is 0 Å². The molecule has 1 N–H and O–H groups in total. The number of aliphatic hydroxyl groups is 1. The number of fused-ring (bicyclic) bond motifs is 1. The molecule has 3 rings (SSSR count). The molecule has 106 valence electrons. The van der Waals surface area contributed by atoms with Crippen molar-refractivity contribution in [2.45, 2.75) is 52.1 Å². The topological polar surface area (TPSA) is 20.2 Å². The van der Waals surface area contributed by atoms with Gasteiger partial charge in [0, 0.05) is 16.2 Å². The van der Waals surface area contributed by atoms with E-state index in [0.717, 1.165) is 11.3 Å². The summed E-state index contributed by atoms with van der Waals surface area (Å²) in [6.45, 7) is 4.24. The Balaban J connectivity index is 1.80. The van der Waals surface area contributed by atoms with Crippen LogP contribution in [0.25, 0.3) is 0 Å². The number of aryl methyl sites for hydroxylation is 4. The second-order valence-corrected chi connectivity index (χ2v) is 7.12. The van der Waals surface area contributed by atoms with Crippen molar-refractivity contribution in [3.63, 3.8) is 0 Å². The fourth-order valence-corrected chi connectivity index (χ4v) is 4.25. The molecule has 1 aliphatic carbocycles. The summed E-state index contributed by atoms with van der Waals surface area (Å²) in [5.41, 5.74) is 5.29. The molecular formula is C18H22OS. The van der Waals surface area contributed by atoms with E-state index in [9.17, 15) is 5.11 Å². The first-order chi connectivity index (χ1) is 9.63. The molecule has 1 aromatic carbocycles. The predicted octanol–water partition coefficient (Wildman–Crippen LogP) is 4.52. The van der Waals surface area contributed by atoms with Crippen LogP contribution in [-0.4, -0.2) is 5.11 Å². The lowest BCUT2D eigenvalue weighted by Crippen LogP contribution is -2.01. The minimum Gasteiger partial charge on any atom is -0.387 e. The molecule has 1 atom stereocenters. The van der Waals surface area contributed by atoms with Crippen LogP contribution in [0, 0.1) is 13.8 Å². The van der Waals surface area contributed by atoms with Crippen LogP contribution in [-0.2, 0) is 19.3 Å². The molecule has 0 radical (unpaired) electrons. The SMILES string of the molecule is Cc1ccc(C)c(CC(O)c2cc3c(s2)CCCC3)c1. The Morgan fingerprint density at radius 2 is 1.95 bits per heavy atom. The van der Waals surface area contributed by atoms with Gasteiger partial charge < -0.3 is 5.11 Å². The Labute approximate surface area is 125 Å². The maximum Gasteiger partial charge on any atom is 0.0922 e. The van der Waals surface area contributed by atoms with Gasteiger partial charge in [-0.3, -0.25) is 0 Å². The second kappa shape index (κ2) is 5.71. The van der Waals surface area contributed by atoms with Crippen molar-refractivity contribution < 1.29 is 5.11 Å². The molecule has 0 aliphatic heterocycles. The molecule has 1 heterocycles. The minimum absolute atomic E-state index is 0.355. The lowest BCUT2D eigenvalue weighted by molar-refractivity contribution is 0.182. The molecule has 1 nitrogen and oxygen atoms in total. The predicted molar refractivity (Wildman–Crippen MR) is 85.5 cm³/mol. The third-order valence-corrected chi connectivity index (χ3v) is 5.60. The molecule has 0 saturated carbocycles. The molecular weight excluding hydrogens is 264 g/mol. The van der Waals surface area contributed by atoms with Gasteiger partial charge in [-0.2, -0.15) is 0 Å². The lowest BCUT2D eigenvalue weighted by Gasteiger charge is -2.11. The molecule has 2 aromatic rings. The molecule has 1 aromatic heterocycles. The van der Waals surface area contributed by atoms with E-state index < -0.39 is 0 Å². The monoisotopic (exact) mass is 286 g/mol. The maximum absolute atomic E-state index is 10.5. The van der Waals surface area contributed by atoms with Crippen LogP contribution in [0.3, 0.4) is 0 Å². The van der Waals surface area contributed by atoms with E-state index >= 15 is 0 Å². The molecule has 0 spiro atoms. The fraction of sp³-hybridized carbons (Fsp3) is 0.444. The summed E-state index contributed by atoms with van der Waals surface area (Å²) in [5.74, 6) is 0. The van der Waals surface area contributed by atoms with Crippen LogP contribution in [0.2, 0.25) is 0 Å². The zero-order valence-corrected chi connectivity index (χ0v) is 13.1. The first-order valence-corrected chi connectivity index (χ1v) is 8.31. The number of aliphatic hydroxyl groups excluding tert-OH is 1. The Hall–Kier alpha value is -1.12. The molecule has 1 aliphatic rings. The summed E-state index contributed by atoms with van der Waals surface area (Å²) < 4.78 is 0. The number of hydrogen-bond donors (Lipinski definition) is 1. The quantitative estimate of drug-likeness (QED) is 0.879. The summed E-state index contributed by atoms with van der Waals surface area (Å²) in [4.78, 5) is 2.66. The molecule has 0 bridgehead atoms. The van der Waals surface area contributed by atoms with Crippen LogP contribution in [0.15, 0.2) is 24.3 Å².